The molecule has 0 amide bonds. The molecule has 2 aromatic rings. The maximum absolute atomic E-state index is 3.73. The molecule has 0 fully saturated rings. The number of fused-ring (bicyclic) bond motifs is 1. The Morgan fingerprint density at radius 3 is 2.89 bits per heavy atom. The zero-order valence-corrected chi connectivity index (χ0v) is 11.5. The van der Waals surface area contributed by atoms with Gasteiger partial charge >= 0.3 is 0 Å². The molecule has 0 saturated heterocycles. The van der Waals surface area contributed by atoms with Crippen LogP contribution >= 0.6 is 11.3 Å². The Labute approximate surface area is 113 Å². The fourth-order valence-corrected chi connectivity index (χ4v) is 3.65. The normalized spacial score (nSPS) is 19.1. The van der Waals surface area contributed by atoms with E-state index in [1.54, 1.807) is 5.56 Å². The van der Waals surface area contributed by atoms with Gasteiger partial charge < -0.3 is 5.32 Å². The van der Waals surface area contributed by atoms with Crippen LogP contribution in [0.4, 0.5) is 0 Å². The molecule has 0 aliphatic heterocycles. The largest absolute Gasteiger partial charge is 0.309 e. The van der Waals surface area contributed by atoms with E-state index in [4.69, 9.17) is 0 Å². The first-order valence-electron chi connectivity index (χ1n) is 6.73. The lowest BCUT2D eigenvalue weighted by molar-refractivity contribution is 0.465. The Kier molecular flexibility index (Phi) is 3.48. The molecule has 0 radical (unpaired) electrons. The van der Waals surface area contributed by atoms with Crippen molar-refractivity contribution in [3.8, 4) is 0 Å². The predicted molar refractivity (Wildman–Crippen MR) is 78.2 cm³/mol. The molecule has 2 heteroatoms. The van der Waals surface area contributed by atoms with E-state index in [9.17, 15) is 0 Å². The average Bonchev–Trinajstić information content (AvgIpc) is 2.89. The quantitative estimate of drug-likeness (QED) is 0.849. The fraction of sp³-hybridized carbons (Fsp3) is 0.375. The first kappa shape index (κ1) is 11.9. The van der Waals surface area contributed by atoms with E-state index in [0.717, 1.165) is 18.9 Å². The van der Waals surface area contributed by atoms with Crippen molar-refractivity contribution in [2.75, 3.05) is 6.54 Å². The highest BCUT2D eigenvalue weighted by molar-refractivity contribution is 7.10. The summed E-state index contributed by atoms with van der Waals surface area (Å²) in [5, 5.41) is 5.89. The minimum atomic E-state index is 0.526. The molecule has 1 N–H and O–H groups in total. The fourth-order valence-electron chi connectivity index (χ4n) is 2.76. The van der Waals surface area contributed by atoms with E-state index in [0.29, 0.717) is 6.04 Å². The molecule has 94 valence electrons. The van der Waals surface area contributed by atoms with Gasteiger partial charge in [-0.25, -0.2) is 0 Å². The van der Waals surface area contributed by atoms with Gasteiger partial charge in [-0.05, 0) is 35.4 Å². The average molecular weight is 257 g/mol. The summed E-state index contributed by atoms with van der Waals surface area (Å²) in [7, 11) is 0. The molecule has 2 atom stereocenters. The van der Waals surface area contributed by atoms with Crippen LogP contribution in [0, 0.1) is 0 Å². The van der Waals surface area contributed by atoms with Crippen LogP contribution < -0.4 is 5.32 Å². The number of hydrogen-bond acceptors (Lipinski definition) is 2. The standard InChI is InChI=1S/C16H19NS/c1-2-15(16-8-5-9-18-16)17-11-13-10-12-6-3-4-7-14(12)13/h3-9,13,15,17H,2,10-11H2,1H3. The number of hydrogen-bond donors (Lipinski definition) is 1. The minimum Gasteiger partial charge on any atom is -0.309 e. The van der Waals surface area contributed by atoms with Gasteiger partial charge in [-0.1, -0.05) is 37.3 Å². The van der Waals surface area contributed by atoms with E-state index in [1.165, 1.54) is 16.9 Å². The van der Waals surface area contributed by atoms with Crippen molar-refractivity contribution in [3.05, 3.63) is 57.8 Å². The maximum atomic E-state index is 3.73. The number of nitrogens with one attached hydrogen (secondary N) is 1. The van der Waals surface area contributed by atoms with E-state index < -0.39 is 0 Å². The third-order valence-corrected chi connectivity index (χ3v) is 4.85. The van der Waals surface area contributed by atoms with Crippen LogP contribution in [-0.4, -0.2) is 6.54 Å². The highest BCUT2D eigenvalue weighted by Crippen LogP contribution is 2.34. The molecule has 1 aliphatic carbocycles. The summed E-state index contributed by atoms with van der Waals surface area (Å²) < 4.78 is 0. The molecule has 2 unspecified atom stereocenters. The zero-order valence-electron chi connectivity index (χ0n) is 10.7. The van der Waals surface area contributed by atoms with Gasteiger partial charge in [0.15, 0.2) is 0 Å². The minimum absolute atomic E-state index is 0.526. The van der Waals surface area contributed by atoms with Crippen molar-refractivity contribution in [3.63, 3.8) is 0 Å². The molecule has 0 saturated carbocycles. The highest BCUT2D eigenvalue weighted by atomic mass is 32.1. The maximum Gasteiger partial charge on any atom is 0.0412 e. The molecule has 18 heavy (non-hydrogen) atoms. The van der Waals surface area contributed by atoms with Gasteiger partial charge in [0, 0.05) is 23.4 Å². The van der Waals surface area contributed by atoms with Crippen molar-refractivity contribution < 1.29 is 0 Å². The Hall–Kier alpha value is -1.12. The van der Waals surface area contributed by atoms with Gasteiger partial charge in [0.2, 0.25) is 0 Å². The van der Waals surface area contributed by atoms with E-state index in [1.807, 2.05) is 11.3 Å². The van der Waals surface area contributed by atoms with Crippen molar-refractivity contribution in [1.29, 1.82) is 0 Å². The van der Waals surface area contributed by atoms with Gasteiger partial charge in [-0.15, -0.1) is 11.3 Å². The number of rotatable bonds is 5. The van der Waals surface area contributed by atoms with Gasteiger partial charge in [0.25, 0.3) is 0 Å². The van der Waals surface area contributed by atoms with E-state index in [-0.39, 0.29) is 0 Å². The SMILES string of the molecule is CCC(NCC1Cc2ccccc21)c1cccs1. The zero-order chi connectivity index (χ0) is 12.4. The molecular weight excluding hydrogens is 238 g/mol. The lowest BCUT2D eigenvalue weighted by Gasteiger charge is -2.31. The molecule has 1 aromatic carbocycles. The van der Waals surface area contributed by atoms with Crippen LogP contribution in [0.3, 0.4) is 0 Å². The summed E-state index contributed by atoms with van der Waals surface area (Å²) >= 11 is 1.86. The topological polar surface area (TPSA) is 12.0 Å². The van der Waals surface area contributed by atoms with Crippen molar-refractivity contribution in [2.24, 2.45) is 0 Å². The summed E-state index contributed by atoms with van der Waals surface area (Å²) in [5.74, 6) is 0.718. The second kappa shape index (κ2) is 5.25. The lowest BCUT2D eigenvalue weighted by Crippen LogP contribution is -2.31. The van der Waals surface area contributed by atoms with Crippen molar-refractivity contribution in [2.45, 2.75) is 31.7 Å². The van der Waals surface area contributed by atoms with Gasteiger partial charge in [0.1, 0.15) is 0 Å². The summed E-state index contributed by atoms with van der Waals surface area (Å²) in [5.41, 5.74) is 3.08. The Balaban J connectivity index is 1.59. The van der Waals surface area contributed by atoms with Crippen molar-refractivity contribution in [1.82, 2.24) is 5.32 Å². The second-order valence-corrected chi connectivity index (χ2v) is 5.96. The first-order chi connectivity index (χ1) is 8.88. The second-order valence-electron chi connectivity index (χ2n) is 4.98. The molecule has 1 aromatic heterocycles. The van der Waals surface area contributed by atoms with Gasteiger partial charge in [0.05, 0.1) is 0 Å². The van der Waals surface area contributed by atoms with E-state index >= 15 is 0 Å². The van der Waals surface area contributed by atoms with Gasteiger partial charge in [-0.2, -0.15) is 0 Å². The molecular formula is C16H19NS. The number of thiophene rings is 1. The van der Waals surface area contributed by atoms with E-state index in [2.05, 4.69) is 54.0 Å². The lowest BCUT2D eigenvalue weighted by atomic mass is 9.77. The monoisotopic (exact) mass is 257 g/mol. The number of benzene rings is 1. The van der Waals surface area contributed by atoms with Crippen LogP contribution in [0.1, 0.15) is 41.3 Å². The van der Waals surface area contributed by atoms with Crippen LogP contribution in [0.25, 0.3) is 0 Å². The molecule has 1 nitrogen and oxygen atoms in total. The molecule has 3 rings (SSSR count). The van der Waals surface area contributed by atoms with Crippen LogP contribution in [0.2, 0.25) is 0 Å². The summed E-state index contributed by atoms with van der Waals surface area (Å²) in [4.78, 5) is 1.46. The summed E-state index contributed by atoms with van der Waals surface area (Å²) in [6, 6.07) is 13.7. The summed E-state index contributed by atoms with van der Waals surface area (Å²) in [6.07, 6.45) is 2.40. The first-order valence-corrected chi connectivity index (χ1v) is 7.61. The van der Waals surface area contributed by atoms with Crippen molar-refractivity contribution >= 4 is 11.3 Å². The van der Waals surface area contributed by atoms with Crippen LogP contribution in [0.15, 0.2) is 41.8 Å². The molecule has 1 heterocycles. The third kappa shape index (κ3) is 2.23. The molecule has 0 bridgehead atoms. The Morgan fingerprint density at radius 1 is 1.28 bits per heavy atom. The molecule has 1 aliphatic rings. The summed E-state index contributed by atoms with van der Waals surface area (Å²) in [6.45, 7) is 3.36. The van der Waals surface area contributed by atoms with Gasteiger partial charge in [-0.3, -0.25) is 0 Å². The predicted octanol–water partition coefficient (Wildman–Crippen LogP) is 4.13. The third-order valence-electron chi connectivity index (χ3n) is 3.87. The Morgan fingerprint density at radius 2 is 2.17 bits per heavy atom. The smallest absolute Gasteiger partial charge is 0.0412 e. The molecule has 0 spiro atoms. The Bertz CT molecular complexity index is 504. The van der Waals surface area contributed by atoms with Crippen LogP contribution in [-0.2, 0) is 6.42 Å². The van der Waals surface area contributed by atoms with Crippen LogP contribution in [0.5, 0.6) is 0 Å². The highest BCUT2D eigenvalue weighted by Gasteiger charge is 2.25.